The molecule has 0 spiro atoms. The summed E-state index contributed by atoms with van der Waals surface area (Å²) in [7, 11) is 1.75. The Bertz CT molecular complexity index is 511. The molecule has 2 rings (SSSR count). The molecule has 5 nitrogen and oxygen atoms in total. The van der Waals surface area contributed by atoms with Crippen molar-refractivity contribution in [1.82, 2.24) is 20.2 Å². The van der Waals surface area contributed by atoms with E-state index in [0.29, 0.717) is 10.7 Å². The maximum atomic E-state index is 12.1. The molecular formula is C11H12N4OS. The Morgan fingerprint density at radius 1 is 1.35 bits per heavy atom. The lowest BCUT2D eigenvalue weighted by atomic mass is 10.1. The van der Waals surface area contributed by atoms with Gasteiger partial charge in [0.2, 0.25) is 5.16 Å². The minimum absolute atomic E-state index is 0.0820. The summed E-state index contributed by atoms with van der Waals surface area (Å²) in [6.45, 7) is 1.86. The Balaban J connectivity index is 2.09. The Hall–Kier alpha value is -1.69. The van der Waals surface area contributed by atoms with Crippen molar-refractivity contribution in [2.75, 3.05) is 0 Å². The molecule has 0 aliphatic carbocycles. The topological polar surface area (TPSA) is 60.7 Å². The van der Waals surface area contributed by atoms with E-state index in [0.717, 1.165) is 0 Å². The summed E-state index contributed by atoms with van der Waals surface area (Å²) in [4.78, 5) is 12.1. The van der Waals surface area contributed by atoms with Crippen LogP contribution in [0.3, 0.4) is 0 Å². The summed E-state index contributed by atoms with van der Waals surface area (Å²) < 4.78 is 1.56. The van der Waals surface area contributed by atoms with Gasteiger partial charge in [0.15, 0.2) is 5.78 Å². The van der Waals surface area contributed by atoms with Gasteiger partial charge in [-0.05, 0) is 17.4 Å². The van der Waals surface area contributed by atoms with Gasteiger partial charge < -0.3 is 0 Å². The summed E-state index contributed by atoms with van der Waals surface area (Å²) in [6, 6.07) is 9.23. The van der Waals surface area contributed by atoms with E-state index in [4.69, 9.17) is 0 Å². The van der Waals surface area contributed by atoms with Crippen molar-refractivity contribution in [2.45, 2.75) is 17.3 Å². The fourth-order valence-electron chi connectivity index (χ4n) is 1.37. The average Bonchev–Trinajstić information content (AvgIpc) is 2.75. The zero-order valence-electron chi connectivity index (χ0n) is 9.57. The van der Waals surface area contributed by atoms with Crippen LogP contribution in [0.25, 0.3) is 0 Å². The Morgan fingerprint density at radius 2 is 2.06 bits per heavy atom. The van der Waals surface area contributed by atoms with Gasteiger partial charge >= 0.3 is 0 Å². The van der Waals surface area contributed by atoms with E-state index in [-0.39, 0.29) is 11.0 Å². The molecule has 88 valence electrons. The van der Waals surface area contributed by atoms with Crippen LogP contribution >= 0.6 is 11.8 Å². The number of nitrogens with zero attached hydrogens (tertiary/aromatic N) is 4. The van der Waals surface area contributed by atoms with Gasteiger partial charge in [0.05, 0.1) is 5.25 Å². The summed E-state index contributed by atoms with van der Waals surface area (Å²) >= 11 is 1.36. The Labute approximate surface area is 103 Å². The molecule has 0 aliphatic rings. The summed E-state index contributed by atoms with van der Waals surface area (Å²) in [5.74, 6) is 0.0820. The number of Topliss-reactive ketones (excluding diaryl/α,β-unsaturated/α-hetero) is 1. The lowest BCUT2D eigenvalue weighted by Gasteiger charge is -2.08. The second kappa shape index (κ2) is 5.09. The van der Waals surface area contributed by atoms with Crippen molar-refractivity contribution in [3.63, 3.8) is 0 Å². The van der Waals surface area contributed by atoms with Crippen LogP contribution in [-0.4, -0.2) is 31.2 Å². The molecule has 0 saturated heterocycles. The lowest BCUT2D eigenvalue weighted by Crippen LogP contribution is -2.14. The van der Waals surface area contributed by atoms with Crippen LogP contribution < -0.4 is 0 Å². The van der Waals surface area contributed by atoms with Crippen LogP contribution in [0.4, 0.5) is 0 Å². The first kappa shape index (κ1) is 11.8. The van der Waals surface area contributed by atoms with E-state index >= 15 is 0 Å². The number of carbonyl (C=O) groups is 1. The minimum Gasteiger partial charge on any atom is -0.293 e. The molecule has 1 aromatic heterocycles. The van der Waals surface area contributed by atoms with E-state index in [1.165, 1.54) is 11.8 Å². The lowest BCUT2D eigenvalue weighted by molar-refractivity contribution is 0.0994. The van der Waals surface area contributed by atoms with Gasteiger partial charge in [0.1, 0.15) is 0 Å². The standard InChI is InChI=1S/C11H12N4OS/c1-8(17-11-12-13-14-15(11)2)10(16)9-6-4-3-5-7-9/h3-8H,1-2H3. The maximum absolute atomic E-state index is 12.1. The van der Waals surface area contributed by atoms with Crippen molar-refractivity contribution in [3.05, 3.63) is 35.9 Å². The fourth-order valence-corrected chi connectivity index (χ4v) is 2.20. The van der Waals surface area contributed by atoms with Crippen LogP contribution in [0.5, 0.6) is 0 Å². The van der Waals surface area contributed by atoms with Crippen molar-refractivity contribution < 1.29 is 4.79 Å². The molecule has 0 fully saturated rings. The number of aromatic nitrogens is 4. The van der Waals surface area contributed by atoms with Gasteiger partial charge in [-0.25, -0.2) is 4.68 Å². The molecule has 1 atom stereocenters. The van der Waals surface area contributed by atoms with E-state index in [1.54, 1.807) is 11.7 Å². The zero-order valence-corrected chi connectivity index (χ0v) is 10.4. The first-order valence-electron chi connectivity index (χ1n) is 5.17. The van der Waals surface area contributed by atoms with Gasteiger partial charge in [-0.15, -0.1) is 5.10 Å². The van der Waals surface area contributed by atoms with Crippen molar-refractivity contribution in [1.29, 1.82) is 0 Å². The molecular weight excluding hydrogens is 236 g/mol. The molecule has 0 radical (unpaired) electrons. The van der Waals surface area contributed by atoms with E-state index in [1.807, 2.05) is 37.3 Å². The number of rotatable bonds is 4. The smallest absolute Gasteiger partial charge is 0.209 e. The van der Waals surface area contributed by atoms with Crippen molar-refractivity contribution in [3.8, 4) is 0 Å². The predicted molar refractivity (Wildman–Crippen MR) is 64.9 cm³/mol. The highest BCUT2D eigenvalue weighted by molar-refractivity contribution is 8.00. The summed E-state index contributed by atoms with van der Waals surface area (Å²) in [5, 5.41) is 11.5. The molecule has 1 unspecified atom stereocenters. The third-order valence-corrected chi connectivity index (χ3v) is 3.42. The number of ketones is 1. The molecule has 0 bridgehead atoms. The zero-order chi connectivity index (χ0) is 12.3. The number of hydrogen-bond acceptors (Lipinski definition) is 5. The second-order valence-corrected chi connectivity index (χ2v) is 4.88. The molecule has 1 aromatic carbocycles. The van der Waals surface area contributed by atoms with Crippen LogP contribution in [-0.2, 0) is 7.05 Å². The summed E-state index contributed by atoms with van der Waals surface area (Å²) in [6.07, 6.45) is 0. The molecule has 0 saturated carbocycles. The van der Waals surface area contributed by atoms with E-state index in [2.05, 4.69) is 15.5 Å². The molecule has 0 amide bonds. The fraction of sp³-hybridized carbons (Fsp3) is 0.273. The molecule has 2 aromatic rings. The Kier molecular flexibility index (Phi) is 3.53. The van der Waals surface area contributed by atoms with Gasteiger partial charge in [-0.2, -0.15) is 0 Å². The highest BCUT2D eigenvalue weighted by Gasteiger charge is 2.18. The third kappa shape index (κ3) is 2.71. The Morgan fingerprint density at radius 3 is 2.65 bits per heavy atom. The number of hydrogen-bond donors (Lipinski definition) is 0. The van der Waals surface area contributed by atoms with Crippen molar-refractivity contribution in [2.24, 2.45) is 7.05 Å². The number of aryl methyl sites for hydroxylation is 1. The number of tetrazole rings is 1. The first-order chi connectivity index (χ1) is 8.18. The minimum atomic E-state index is -0.206. The van der Waals surface area contributed by atoms with Crippen LogP contribution in [0.15, 0.2) is 35.5 Å². The monoisotopic (exact) mass is 248 g/mol. The van der Waals surface area contributed by atoms with Gasteiger partial charge in [-0.3, -0.25) is 4.79 Å². The first-order valence-corrected chi connectivity index (χ1v) is 6.04. The highest BCUT2D eigenvalue weighted by atomic mass is 32.2. The second-order valence-electron chi connectivity index (χ2n) is 3.58. The largest absolute Gasteiger partial charge is 0.293 e. The SMILES string of the molecule is CC(Sc1nnnn1C)C(=O)c1ccccc1. The van der Waals surface area contributed by atoms with E-state index in [9.17, 15) is 4.79 Å². The maximum Gasteiger partial charge on any atom is 0.209 e. The van der Waals surface area contributed by atoms with Gasteiger partial charge in [0.25, 0.3) is 0 Å². The van der Waals surface area contributed by atoms with Gasteiger partial charge in [0, 0.05) is 12.6 Å². The molecule has 1 heterocycles. The van der Waals surface area contributed by atoms with Crippen molar-refractivity contribution >= 4 is 17.5 Å². The quantitative estimate of drug-likeness (QED) is 0.607. The average molecular weight is 248 g/mol. The molecule has 6 heteroatoms. The number of carbonyl (C=O) groups excluding carboxylic acids is 1. The van der Waals surface area contributed by atoms with Gasteiger partial charge in [-0.1, -0.05) is 42.1 Å². The highest BCUT2D eigenvalue weighted by Crippen LogP contribution is 2.22. The number of thioether (sulfide) groups is 1. The predicted octanol–water partition coefficient (Wildman–Crippen LogP) is 1.57. The van der Waals surface area contributed by atoms with Crippen LogP contribution in [0.1, 0.15) is 17.3 Å². The number of benzene rings is 1. The molecule has 0 aliphatic heterocycles. The summed E-state index contributed by atoms with van der Waals surface area (Å²) in [5.41, 5.74) is 0.711. The normalized spacial score (nSPS) is 12.4. The third-order valence-electron chi connectivity index (χ3n) is 2.29. The van der Waals surface area contributed by atoms with Crippen LogP contribution in [0, 0.1) is 0 Å². The molecule has 0 N–H and O–H groups in total. The van der Waals surface area contributed by atoms with Crippen LogP contribution in [0.2, 0.25) is 0 Å². The molecule has 17 heavy (non-hydrogen) atoms. The van der Waals surface area contributed by atoms with E-state index < -0.39 is 0 Å².